The minimum atomic E-state index is -0.547. The van der Waals surface area contributed by atoms with E-state index in [9.17, 15) is 5.11 Å². The van der Waals surface area contributed by atoms with E-state index < -0.39 is 5.60 Å². The lowest BCUT2D eigenvalue weighted by atomic mass is 9.82. The first kappa shape index (κ1) is 15.2. The third-order valence-corrected chi connectivity index (χ3v) is 3.31. The second-order valence-corrected chi connectivity index (χ2v) is 6.37. The number of rotatable bonds is 7. The van der Waals surface area contributed by atoms with E-state index in [1.807, 2.05) is 24.0 Å². The maximum Gasteiger partial charge on any atom is 0.108 e. The Labute approximate surface area is 111 Å². The SMILES string of the molecule is CC(C)CC(O)(CCc1nccn1C)CC(C)C. The summed E-state index contributed by atoms with van der Waals surface area (Å²) in [6, 6.07) is 0. The predicted molar refractivity (Wildman–Crippen MR) is 75.4 cm³/mol. The molecule has 0 atom stereocenters. The van der Waals surface area contributed by atoms with Crippen molar-refractivity contribution in [3.05, 3.63) is 18.2 Å². The van der Waals surface area contributed by atoms with Crippen LogP contribution < -0.4 is 0 Å². The van der Waals surface area contributed by atoms with Crippen molar-refractivity contribution >= 4 is 0 Å². The van der Waals surface area contributed by atoms with Crippen LogP contribution in [-0.4, -0.2) is 20.3 Å². The molecule has 0 spiro atoms. The van der Waals surface area contributed by atoms with Gasteiger partial charge in [0.2, 0.25) is 0 Å². The Hall–Kier alpha value is -0.830. The van der Waals surface area contributed by atoms with Gasteiger partial charge in [-0.2, -0.15) is 0 Å². The molecule has 18 heavy (non-hydrogen) atoms. The number of aryl methyl sites for hydroxylation is 2. The highest BCUT2D eigenvalue weighted by Gasteiger charge is 2.29. The molecule has 0 aliphatic heterocycles. The number of hydrogen-bond donors (Lipinski definition) is 1. The highest BCUT2D eigenvalue weighted by atomic mass is 16.3. The highest BCUT2D eigenvalue weighted by Crippen LogP contribution is 2.29. The third-order valence-electron chi connectivity index (χ3n) is 3.31. The monoisotopic (exact) mass is 252 g/mol. The van der Waals surface area contributed by atoms with Gasteiger partial charge in [0.25, 0.3) is 0 Å². The van der Waals surface area contributed by atoms with Crippen LogP contribution in [0.4, 0.5) is 0 Å². The van der Waals surface area contributed by atoms with Crippen LogP contribution in [-0.2, 0) is 13.5 Å². The Morgan fingerprint density at radius 2 is 1.78 bits per heavy atom. The Kier molecular flexibility index (Phi) is 5.39. The molecular weight excluding hydrogens is 224 g/mol. The smallest absolute Gasteiger partial charge is 0.108 e. The predicted octanol–water partition coefficient (Wildman–Crippen LogP) is 3.18. The molecule has 0 aromatic carbocycles. The van der Waals surface area contributed by atoms with E-state index in [0.717, 1.165) is 31.5 Å². The van der Waals surface area contributed by atoms with E-state index in [0.29, 0.717) is 11.8 Å². The highest BCUT2D eigenvalue weighted by molar-refractivity contribution is 4.94. The van der Waals surface area contributed by atoms with Crippen molar-refractivity contribution in [2.24, 2.45) is 18.9 Å². The van der Waals surface area contributed by atoms with Gasteiger partial charge in [0.15, 0.2) is 0 Å². The molecule has 1 N–H and O–H groups in total. The summed E-state index contributed by atoms with van der Waals surface area (Å²) in [4.78, 5) is 4.33. The van der Waals surface area contributed by atoms with Gasteiger partial charge in [-0.1, -0.05) is 27.7 Å². The lowest BCUT2D eigenvalue weighted by Gasteiger charge is -2.31. The molecule has 0 amide bonds. The fourth-order valence-corrected chi connectivity index (χ4v) is 2.79. The normalized spacial score (nSPS) is 12.7. The first-order chi connectivity index (χ1) is 8.32. The zero-order valence-corrected chi connectivity index (χ0v) is 12.5. The zero-order chi connectivity index (χ0) is 13.8. The lowest BCUT2D eigenvalue weighted by Crippen LogP contribution is -2.33. The van der Waals surface area contributed by atoms with E-state index in [2.05, 4.69) is 32.7 Å². The van der Waals surface area contributed by atoms with Crippen LogP contribution >= 0.6 is 0 Å². The van der Waals surface area contributed by atoms with Gasteiger partial charge in [0.05, 0.1) is 5.60 Å². The van der Waals surface area contributed by atoms with Crippen LogP contribution in [0.25, 0.3) is 0 Å². The molecule has 3 nitrogen and oxygen atoms in total. The average molecular weight is 252 g/mol. The second kappa shape index (κ2) is 6.37. The fraction of sp³-hybridized carbons (Fsp3) is 0.800. The van der Waals surface area contributed by atoms with Crippen molar-refractivity contribution in [3.8, 4) is 0 Å². The molecule has 0 bridgehead atoms. The summed E-state index contributed by atoms with van der Waals surface area (Å²) in [5.74, 6) is 2.10. The topological polar surface area (TPSA) is 38.1 Å². The van der Waals surface area contributed by atoms with Crippen LogP contribution in [0.1, 0.15) is 52.8 Å². The zero-order valence-electron chi connectivity index (χ0n) is 12.5. The molecule has 0 fully saturated rings. The molecule has 0 aliphatic carbocycles. The van der Waals surface area contributed by atoms with Gasteiger partial charge in [0.1, 0.15) is 5.82 Å². The largest absolute Gasteiger partial charge is 0.390 e. The third kappa shape index (κ3) is 4.81. The van der Waals surface area contributed by atoms with Crippen LogP contribution in [0, 0.1) is 11.8 Å². The van der Waals surface area contributed by atoms with Gasteiger partial charge in [-0.25, -0.2) is 4.98 Å². The van der Waals surface area contributed by atoms with Crippen molar-refractivity contribution in [2.45, 2.75) is 59.0 Å². The van der Waals surface area contributed by atoms with Gasteiger partial charge >= 0.3 is 0 Å². The number of aromatic nitrogens is 2. The van der Waals surface area contributed by atoms with Gasteiger partial charge < -0.3 is 9.67 Å². The molecule has 0 saturated carbocycles. The molecule has 0 unspecified atom stereocenters. The summed E-state index contributed by atoms with van der Waals surface area (Å²) < 4.78 is 2.03. The summed E-state index contributed by atoms with van der Waals surface area (Å²) in [6.07, 6.45) is 7.16. The van der Waals surface area contributed by atoms with E-state index in [4.69, 9.17) is 0 Å². The van der Waals surface area contributed by atoms with Crippen LogP contribution in [0.2, 0.25) is 0 Å². The number of aliphatic hydroxyl groups is 1. The Bertz CT molecular complexity index is 345. The maximum atomic E-state index is 10.8. The van der Waals surface area contributed by atoms with Gasteiger partial charge in [0, 0.05) is 25.9 Å². The average Bonchev–Trinajstić information content (AvgIpc) is 2.58. The summed E-state index contributed by atoms with van der Waals surface area (Å²) in [6.45, 7) is 8.69. The van der Waals surface area contributed by atoms with Gasteiger partial charge in [-0.05, 0) is 31.1 Å². The van der Waals surface area contributed by atoms with E-state index in [-0.39, 0.29) is 0 Å². The first-order valence-corrected chi connectivity index (χ1v) is 7.01. The van der Waals surface area contributed by atoms with Crippen molar-refractivity contribution in [1.82, 2.24) is 9.55 Å². The van der Waals surface area contributed by atoms with Crippen LogP contribution in [0.3, 0.4) is 0 Å². The van der Waals surface area contributed by atoms with Crippen molar-refractivity contribution in [2.75, 3.05) is 0 Å². The van der Waals surface area contributed by atoms with Crippen molar-refractivity contribution in [1.29, 1.82) is 0 Å². The number of nitrogens with zero attached hydrogens (tertiary/aromatic N) is 2. The summed E-state index contributed by atoms with van der Waals surface area (Å²) in [5, 5.41) is 10.8. The van der Waals surface area contributed by atoms with Gasteiger partial charge in [-0.15, -0.1) is 0 Å². The van der Waals surface area contributed by atoms with Crippen LogP contribution in [0.5, 0.6) is 0 Å². The standard InChI is InChI=1S/C15H28N2O/c1-12(2)10-15(18,11-13(3)4)7-6-14-16-8-9-17(14)5/h8-9,12-13,18H,6-7,10-11H2,1-5H3. The summed E-state index contributed by atoms with van der Waals surface area (Å²) >= 11 is 0. The molecule has 0 saturated heterocycles. The first-order valence-electron chi connectivity index (χ1n) is 7.01. The molecule has 1 aromatic rings. The van der Waals surface area contributed by atoms with E-state index in [1.54, 1.807) is 0 Å². The fourth-order valence-electron chi connectivity index (χ4n) is 2.79. The summed E-state index contributed by atoms with van der Waals surface area (Å²) in [5.41, 5.74) is -0.547. The Morgan fingerprint density at radius 3 is 2.17 bits per heavy atom. The minimum absolute atomic E-state index is 0.523. The maximum absolute atomic E-state index is 10.8. The second-order valence-electron chi connectivity index (χ2n) is 6.37. The molecule has 0 aliphatic rings. The molecule has 1 aromatic heterocycles. The Morgan fingerprint density at radius 1 is 1.22 bits per heavy atom. The van der Waals surface area contributed by atoms with Crippen molar-refractivity contribution < 1.29 is 5.11 Å². The number of hydrogen-bond acceptors (Lipinski definition) is 2. The van der Waals surface area contributed by atoms with E-state index in [1.165, 1.54) is 0 Å². The minimum Gasteiger partial charge on any atom is -0.390 e. The quantitative estimate of drug-likeness (QED) is 0.809. The molecule has 0 radical (unpaired) electrons. The molecule has 104 valence electrons. The molecule has 1 rings (SSSR count). The van der Waals surface area contributed by atoms with Crippen molar-refractivity contribution in [3.63, 3.8) is 0 Å². The molecular formula is C15H28N2O. The lowest BCUT2D eigenvalue weighted by molar-refractivity contribution is -0.00758. The van der Waals surface area contributed by atoms with E-state index >= 15 is 0 Å². The summed E-state index contributed by atoms with van der Waals surface area (Å²) in [7, 11) is 2.01. The van der Waals surface area contributed by atoms with Gasteiger partial charge in [-0.3, -0.25) is 0 Å². The van der Waals surface area contributed by atoms with Crippen LogP contribution in [0.15, 0.2) is 12.4 Å². The number of imidazole rings is 1. The molecule has 1 heterocycles. The Balaban J connectivity index is 2.63. The molecule has 3 heteroatoms.